The van der Waals surface area contributed by atoms with Crippen LogP contribution in [-0.4, -0.2) is 34.2 Å². The summed E-state index contributed by atoms with van der Waals surface area (Å²) < 4.78 is 68.4. The Balaban J connectivity index is 1.64. The van der Waals surface area contributed by atoms with Crippen molar-refractivity contribution in [2.24, 2.45) is 0 Å². The van der Waals surface area contributed by atoms with E-state index in [4.69, 9.17) is 0 Å². The zero-order chi connectivity index (χ0) is 20.1. The maximum atomic E-state index is 14.6. The molecule has 1 unspecified atom stereocenters. The third-order valence-electron chi connectivity index (χ3n) is 5.44. The number of nitrogens with zero attached hydrogens (tertiary/aromatic N) is 3. The van der Waals surface area contributed by atoms with E-state index >= 15 is 0 Å². The molecule has 0 saturated carbocycles. The van der Waals surface area contributed by atoms with Crippen LogP contribution in [0, 0.1) is 0 Å². The van der Waals surface area contributed by atoms with Crippen LogP contribution in [-0.2, 0) is 38.5 Å². The summed E-state index contributed by atoms with van der Waals surface area (Å²) in [5.41, 5.74) is 2.84. The van der Waals surface area contributed by atoms with Gasteiger partial charge in [0.25, 0.3) is 0 Å². The lowest BCUT2D eigenvalue weighted by molar-refractivity contribution is -0.141. The van der Waals surface area contributed by atoms with E-state index in [0.29, 0.717) is 30.8 Å². The molecule has 0 N–H and O–H groups in total. The zero-order valence-electron chi connectivity index (χ0n) is 15.4. The second kappa shape index (κ2) is 6.99. The molecular formula is C20H20F5N3. The van der Waals surface area contributed by atoms with Gasteiger partial charge in [-0.05, 0) is 42.3 Å². The Morgan fingerprint density at radius 3 is 2.68 bits per heavy atom. The van der Waals surface area contributed by atoms with Gasteiger partial charge in [0.1, 0.15) is 17.7 Å². The Labute approximate surface area is 159 Å². The summed E-state index contributed by atoms with van der Waals surface area (Å²) in [5, 5.41) is 0. The number of halogens is 5. The minimum atomic E-state index is -4.47. The molecule has 2 aromatic heterocycles. The van der Waals surface area contributed by atoms with Crippen molar-refractivity contribution in [1.82, 2.24) is 14.5 Å². The summed E-state index contributed by atoms with van der Waals surface area (Å²) >= 11 is 0. The van der Waals surface area contributed by atoms with Crippen molar-refractivity contribution in [3.8, 4) is 0 Å². The average molecular weight is 397 g/mol. The summed E-state index contributed by atoms with van der Waals surface area (Å²) in [6.45, 7) is 1.88. The quantitative estimate of drug-likeness (QED) is 0.719. The van der Waals surface area contributed by atoms with Gasteiger partial charge >= 0.3 is 6.18 Å². The SMILES string of the molecule is CN1CCc2c(c3c(n2CCc2ccc(C(F)(F)F)nc2)C(F)=CC(F)C3)C1. The van der Waals surface area contributed by atoms with E-state index in [1.807, 2.05) is 11.6 Å². The summed E-state index contributed by atoms with van der Waals surface area (Å²) in [6.07, 6.45) is -2.28. The molecule has 0 amide bonds. The van der Waals surface area contributed by atoms with E-state index in [1.165, 1.54) is 12.3 Å². The third kappa shape index (κ3) is 3.45. The van der Waals surface area contributed by atoms with Gasteiger partial charge in [-0.25, -0.2) is 8.78 Å². The molecular weight excluding hydrogens is 377 g/mol. The van der Waals surface area contributed by atoms with Crippen LogP contribution in [0.25, 0.3) is 5.83 Å². The molecule has 1 aliphatic carbocycles. The normalized spacial score (nSPS) is 19.9. The fourth-order valence-corrected chi connectivity index (χ4v) is 4.11. The predicted molar refractivity (Wildman–Crippen MR) is 95.1 cm³/mol. The first kappa shape index (κ1) is 19.1. The lowest BCUT2D eigenvalue weighted by Gasteiger charge is -2.25. The van der Waals surface area contributed by atoms with Gasteiger partial charge in [0.15, 0.2) is 0 Å². The van der Waals surface area contributed by atoms with Gasteiger partial charge in [0.05, 0.1) is 5.69 Å². The van der Waals surface area contributed by atoms with Crippen molar-refractivity contribution < 1.29 is 22.0 Å². The Morgan fingerprint density at radius 1 is 1.21 bits per heavy atom. The maximum Gasteiger partial charge on any atom is 0.433 e. The van der Waals surface area contributed by atoms with E-state index in [0.717, 1.165) is 41.9 Å². The Kier molecular flexibility index (Phi) is 4.77. The van der Waals surface area contributed by atoms with Crippen LogP contribution in [0.4, 0.5) is 22.0 Å². The van der Waals surface area contributed by atoms with Crippen LogP contribution in [0.1, 0.15) is 33.8 Å². The second-order valence-corrected chi connectivity index (χ2v) is 7.43. The van der Waals surface area contributed by atoms with E-state index in [9.17, 15) is 22.0 Å². The molecule has 1 aliphatic heterocycles. The van der Waals surface area contributed by atoms with Gasteiger partial charge in [-0.2, -0.15) is 13.2 Å². The molecule has 150 valence electrons. The maximum absolute atomic E-state index is 14.6. The molecule has 0 spiro atoms. The minimum Gasteiger partial charge on any atom is -0.342 e. The van der Waals surface area contributed by atoms with Crippen molar-refractivity contribution in [2.75, 3.05) is 13.6 Å². The number of hydrogen-bond donors (Lipinski definition) is 0. The molecule has 28 heavy (non-hydrogen) atoms. The molecule has 0 radical (unpaired) electrons. The van der Waals surface area contributed by atoms with Gasteiger partial charge in [-0.3, -0.25) is 4.98 Å². The molecule has 0 aromatic carbocycles. The molecule has 0 bridgehead atoms. The number of alkyl halides is 4. The number of allylic oxidation sites excluding steroid dienone is 1. The molecule has 2 aliphatic rings. The monoisotopic (exact) mass is 397 g/mol. The molecule has 0 saturated heterocycles. The zero-order valence-corrected chi connectivity index (χ0v) is 15.4. The Morgan fingerprint density at radius 2 is 2.00 bits per heavy atom. The van der Waals surface area contributed by atoms with Gasteiger partial charge in [0.2, 0.25) is 0 Å². The fourth-order valence-electron chi connectivity index (χ4n) is 4.11. The topological polar surface area (TPSA) is 21.1 Å². The highest BCUT2D eigenvalue weighted by Gasteiger charge is 2.33. The summed E-state index contributed by atoms with van der Waals surface area (Å²) in [5.74, 6) is -0.559. The standard InChI is InChI=1S/C20H20F5N3/c1-27-6-5-17-15(11-27)14-8-13(21)9-16(22)19(14)28(17)7-4-12-2-3-18(26-10-12)20(23,24)25/h2-3,9-10,13H,4-8,11H2,1H3. The molecule has 0 fully saturated rings. The first-order valence-corrected chi connectivity index (χ1v) is 9.19. The molecule has 8 heteroatoms. The number of fused-ring (bicyclic) bond motifs is 3. The van der Waals surface area contributed by atoms with Crippen molar-refractivity contribution in [3.05, 3.63) is 58.2 Å². The third-order valence-corrected chi connectivity index (χ3v) is 5.44. The van der Waals surface area contributed by atoms with Gasteiger partial charge in [-0.1, -0.05) is 6.07 Å². The van der Waals surface area contributed by atoms with Crippen LogP contribution < -0.4 is 0 Å². The first-order chi connectivity index (χ1) is 13.2. The second-order valence-electron chi connectivity index (χ2n) is 7.43. The van der Waals surface area contributed by atoms with E-state index < -0.39 is 23.9 Å². The average Bonchev–Trinajstić information content (AvgIpc) is 2.93. The molecule has 2 aromatic rings. The number of pyridine rings is 1. The van der Waals surface area contributed by atoms with E-state index in [1.54, 1.807) is 0 Å². The largest absolute Gasteiger partial charge is 0.433 e. The smallest absolute Gasteiger partial charge is 0.342 e. The van der Waals surface area contributed by atoms with Crippen molar-refractivity contribution in [2.45, 2.75) is 44.7 Å². The number of likely N-dealkylation sites (N-methyl/N-ethyl adjacent to an activating group) is 1. The highest BCUT2D eigenvalue weighted by molar-refractivity contribution is 5.66. The van der Waals surface area contributed by atoms with E-state index in [-0.39, 0.29) is 6.42 Å². The highest BCUT2D eigenvalue weighted by Crippen LogP contribution is 2.38. The van der Waals surface area contributed by atoms with Crippen molar-refractivity contribution in [1.29, 1.82) is 0 Å². The number of rotatable bonds is 3. The van der Waals surface area contributed by atoms with Gasteiger partial charge in [-0.15, -0.1) is 0 Å². The number of aromatic nitrogens is 2. The van der Waals surface area contributed by atoms with Crippen LogP contribution in [0.15, 0.2) is 24.4 Å². The number of aryl methyl sites for hydroxylation is 1. The van der Waals surface area contributed by atoms with Gasteiger partial charge in [0, 0.05) is 44.4 Å². The Bertz CT molecular complexity index is 911. The lowest BCUT2D eigenvalue weighted by Crippen LogP contribution is -2.28. The van der Waals surface area contributed by atoms with E-state index in [2.05, 4.69) is 9.88 Å². The van der Waals surface area contributed by atoms with Crippen LogP contribution >= 0.6 is 0 Å². The van der Waals surface area contributed by atoms with Crippen molar-refractivity contribution in [3.63, 3.8) is 0 Å². The van der Waals surface area contributed by atoms with Crippen LogP contribution in [0.3, 0.4) is 0 Å². The molecule has 4 rings (SSSR count). The van der Waals surface area contributed by atoms with Crippen LogP contribution in [0.2, 0.25) is 0 Å². The van der Waals surface area contributed by atoms with Crippen molar-refractivity contribution >= 4 is 5.83 Å². The van der Waals surface area contributed by atoms with Gasteiger partial charge < -0.3 is 9.47 Å². The lowest BCUT2D eigenvalue weighted by atomic mass is 9.95. The predicted octanol–water partition coefficient (Wildman–Crippen LogP) is 4.34. The fraction of sp³-hybridized carbons (Fsp3) is 0.450. The summed E-state index contributed by atoms with van der Waals surface area (Å²) in [7, 11) is 1.97. The summed E-state index contributed by atoms with van der Waals surface area (Å²) in [6, 6.07) is 2.36. The summed E-state index contributed by atoms with van der Waals surface area (Å²) in [4.78, 5) is 5.60. The Hall–Kier alpha value is -2.22. The highest BCUT2D eigenvalue weighted by atomic mass is 19.4. The number of hydrogen-bond acceptors (Lipinski definition) is 2. The van der Waals surface area contributed by atoms with Crippen LogP contribution in [0.5, 0.6) is 0 Å². The molecule has 3 nitrogen and oxygen atoms in total. The molecule has 3 heterocycles. The first-order valence-electron chi connectivity index (χ1n) is 9.19. The molecule has 1 atom stereocenters. The minimum absolute atomic E-state index is 0.160.